The summed E-state index contributed by atoms with van der Waals surface area (Å²) in [5.41, 5.74) is 12.3. The summed E-state index contributed by atoms with van der Waals surface area (Å²) in [5.74, 6) is -0.273. The molecule has 94 valence electrons. The highest BCUT2D eigenvalue weighted by atomic mass is 127. The van der Waals surface area contributed by atoms with Crippen molar-refractivity contribution in [3.05, 3.63) is 33.4 Å². The van der Waals surface area contributed by atoms with Crippen molar-refractivity contribution in [2.24, 2.45) is 16.9 Å². The van der Waals surface area contributed by atoms with E-state index in [0.717, 1.165) is 12.0 Å². The van der Waals surface area contributed by atoms with Crippen LogP contribution in [0.3, 0.4) is 0 Å². The highest BCUT2D eigenvalue weighted by molar-refractivity contribution is 14.1. The molecule has 0 aliphatic rings. The topological polar surface area (TPSA) is 69.1 Å². The normalized spacial score (nSPS) is 13.4. The standard InChI is InChI=1S/C13H19IN2O/c1-13(2,8-12(16)17)7-11(15)9-3-5-10(14)6-4-9/h3-6,11H,7-8,15H2,1-2H3,(H2,16,17). The fourth-order valence-electron chi connectivity index (χ4n) is 1.97. The Morgan fingerprint density at radius 2 is 1.88 bits per heavy atom. The van der Waals surface area contributed by atoms with Crippen LogP contribution >= 0.6 is 22.6 Å². The number of carbonyl (C=O) groups is 1. The lowest BCUT2D eigenvalue weighted by Crippen LogP contribution is -2.27. The van der Waals surface area contributed by atoms with Gasteiger partial charge < -0.3 is 11.5 Å². The molecule has 0 heterocycles. The molecule has 0 saturated carbocycles. The summed E-state index contributed by atoms with van der Waals surface area (Å²) < 4.78 is 1.19. The highest BCUT2D eigenvalue weighted by Gasteiger charge is 2.24. The zero-order valence-electron chi connectivity index (χ0n) is 10.2. The summed E-state index contributed by atoms with van der Waals surface area (Å²) >= 11 is 2.26. The van der Waals surface area contributed by atoms with E-state index < -0.39 is 0 Å². The zero-order chi connectivity index (χ0) is 13.1. The first kappa shape index (κ1) is 14.4. The van der Waals surface area contributed by atoms with E-state index in [9.17, 15) is 4.79 Å². The van der Waals surface area contributed by atoms with Gasteiger partial charge in [-0.2, -0.15) is 0 Å². The molecular weight excluding hydrogens is 327 g/mol. The Morgan fingerprint density at radius 3 is 2.35 bits per heavy atom. The third-order valence-corrected chi connectivity index (χ3v) is 3.44. The molecule has 4 heteroatoms. The molecule has 17 heavy (non-hydrogen) atoms. The predicted molar refractivity (Wildman–Crippen MR) is 78.3 cm³/mol. The fraction of sp³-hybridized carbons (Fsp3) is 0.462. The van der Waals surface area contributed by atoms with Crippen LogP contribution in [0.1, 0.15) is 38.3 Å². The third kappa shape index (κ3) is 5.04. The van der Waals surface area contributed by atoms with Gasteiger partial charge in [0.1, 0.15) is 0 Å². The summed E-state index contributed by atoms with van der Waals surface area (Å²) in [7, 11) is 0. The Labute approximate surface area is 116 Å². The van der Waals surface area contributed by atoms with Crippen LogP contribution in [-0.2, 0) is 4.79 Å². The van der Waals surface area contributed by atoms with Crippen LogP contribution in [0.2, 0.25) is 0 Å². The van der Waals surface area contributed by atoms with E-state index in [-0.39, 0.29) is 17.4 Å². The maximum Gasteiger partial charge on any atom is 0.217 e. The van der Waals surface area contributed by atoms with Gasteiger partial charge in [-0.25, -0.2) is 0 Å². The quantitative estimate of drug-likeness (QED) is 0.805. The van der Waals surface area contributed by atoms with Gasteiger partial charge in [0.05, 0.1) is 0 Å². The van der Waals surface area contributed by atoms with Crippen molar-refractivity contribution in [3.8, 4) is 0 Å². The fourth-order valence-corrected chi connectivity index (χ4v) is 2.33. The molecule has 4 N–H and O–H groups in total. The SMILES string of the molecule is CC(C)(CC(N)=O)CC(N)c1ccc(I)cc1. The van der Waals surface area contributed by atoms with E-state index in [1.54, 1.807) is 0 Å². The Kier molecular flexibility index (Phi) is 4.94. The predicted octanol–water partition coefficient (Wildman–Crippen LogP) is 2.58. The van der Waals surface area contributed by atoms with Crippen molar-refractivity contribution in [3.63, 3.8) is 0 Å². The van der Waals surface area contributed by atoms with Crippen LogP contribution in [0.25, 0.3) is 0 Å². The minimum absolute atomic E-state index is 0.0543. The van der Waals surface area contributed by atoms with Crippen molar-refractivity contribution in [1.82, 2.24) is 0 Å². The Bertz CT molecular complexity index is 387. The smallest absolute Gasteiger partial charge is 0.217 e. The number of carbonyl (C=O) groups excluding carboxylic acids is 1. The molecule has 3 nitrogen and oxygen atoms in total. The van der Waals surface area contributed by atoms with E-state index in [1.807, 2.05) is 38.1 Å². The van der Waals surface area contributed by atoms with Gasteiger partial charge in [-0.05, 0) is 52.1 Å². The van der Waals surface area contributed by atoms with Crippen LogP contribution in [0, 0.1) is 8.99 Å². The van der Waals surface area contributed by atoms with Crippen molar-refractivity contribution in [2.45, 2.75) is 32.7 Å². The first-order chi connectivity index (χ1) is 7.80. The van der Waals surface area contributed by atoms with Gasteiger partial charge in [-0.3, -0.25) is 4.79 Å². The number of primary amides is 1. The Balaban J connectivity index is 2.68. The van der Waals surface area contributed by atoms with Gasteiger partial charge in [0.15, 0.2) is 0 Å². The van der Waals surface area contributed by atoms with Crippen LogP contribution in [0.5, 0.6) is 0 Å². The summed E-state index contributed by atoms with van der Waals surface area (Å²) in [6.45, 7) is 4.04. The van der Waals surface area contributed by atoms with E-state index in [4.69, 9.17) is 11.5 Å². The van der Waals surface area contributed by atoms with Crippen LogP contribution in [0.4, 0.5) is 0 Å². The Morgan fingerprint density at radius 1 is 1.35 bits per heavy atom. The number of hydrogen-bond acceptors (Lipinski definition) is 2. The van der Waals surface area contributed by atoms with Gasteiger partial charge >= 0.3 is 0 Å². The lowest BCUT2D eigenvalue weighted by atomic mass is 9.81. The highest BCUT2D eigenvalue weighted by Crippen LogP contribution is 2.31. The second kappa shape index (κ2) is 5.82. The third-order valence-electron chi connectivity index (χ3n) is 2.72. The van der Waals surface area contributed by atoms with Gasteiger partial charge in [-0.1, -0.05) is 26.0 Å². The summed E-state index contributed by atoms with van der Waals surface area (Å²) in [6, 6.07) is 8.09. The van der Waals surface area contributed by atoms with E-state index in [1.165, 1.54) is 3.57 Å². The van der Waals surface area contributed by atoms with Crippen molar-refractivity contribution >= 4 is 28.5 Å². The zero-order valence-corrected chi connectivity index (χ0v) is 12.4. The number of hydrogen-bond donors (Lipinski definition) is 2. The molecule has 1 amide bonds. The monoisotopic (exact) mass is 346 g/mol. The molecule has 0 bridgehead atoms. The molecule has 0 radical (unpaired) electrons. The molecule has 0 aliphatic carbocycles. The maximum atomic E-state index is 11.0. The molecule has 0 aliphatic heterocycles. The average molecular weight is 346 g/mol. The number of halogens is 1. The molecule has 1 aromatic rings. The van der Waals surface area contributed by atoms with E-state index >= 15 is 0 Å². The van der Waals surface area contributed by atoms with Crippen molar-refractivity contribution in [2.75, 3.05) is 0 Å². The first-order valence-corrected chi connectivity index (χ1v) is 6.67. The molecule has 1 unspecified atom stereocenters. The van der Waals surface area contributed by atoms with E-state index in [0.29, 0.717) is 6.42 Å². The average Bonchev–Trinajstić information content (AvgIpc) is 2.15. The summed E-state index contributed by atoms with van der Waals surface area (Å²) in [5, 5.41) is 0. The molecule has 0 spiro atoms. The molecule has 1 atom stereocenters. The van der Waals surface area contributed by atoms with Gasteiger partial charge in [0.25, 0.3) is 0 Å². The van der Waals surface area contributed by atoms with Crippen LogP contribution in [0.15, 0.2) is 24.3 Å². The second-order valence-corrected chi connectivity index (χ2v) is 6.42. The maximum absolute atomic E-state index is 11.0. The van der Waals surface area contributed by atoms with Crippen molar-refractivity contribution in [1.29, 1.82) is 0 Å². The van der Waals surface area contributed by atoms with E-state index in [2.05, 4.69) is 22.6 Å². The molecular formula is C13H19IN2O. The van der Waals surface area contributed by atoms with Crippen LogP contribution < -0.4 is 11.5 Å². The van der Waals surface area contributed by atoms with Gasteiger partial charge in [0.2, 0.25) is 5.91 Å². The number of rotatable bonds is 5. The molecule has 1 rings (SSSR count). The van der Waals surface area contributed by atoms with Crippen LogP contribution in [-0.4, -0.2) is 5.91 Å². The minimum Gasteiger partial charge on any atom is -0.370 e. The first-order valence-electron chi connectivity index (χ1n) is 5.59. The minimum atomic E-state index is -0.273. The number of benzene rings is 1. The Hall–Kier alpha value is -0.620. The molecule has 1 aromatic carbocycles. The number of amides is 1. The molecule has 0 saturated heterocycles. The molecule has 0 aromatic heterocycles. The van der Waals surface area contributed by atoms with Gasteiger partial charge in [-0.15, -0.1) is 0 Å². The summed E-state index contributed by atoms with van der Waals surface area (Å²) in [4.78, 5) is 11.0. The lowest BCUT2D eigenvalue weighted by Gasteiger charge is -2.26. The second-order valence-electron chi connectivity index (χ2n) is 5.17. The molecule has 0 fully saturated rings. The van der Waals surface area contributed by atoms with Crippen molar-refractivity contribution < 1.29 is 4.79 Å². The lowest BCUT2D eigenvalue weighted by molar-refractivity contribution is -0.120. The summed E-state index contributed by atoms with van der Waals surface area (Å²) in [6.07, 6.45) is 1.11. The van der Waals surface area contributed by atoms with Gasteiger partial charge in [0, 0.05) is 16.0 Å². The number of nitrogens with two attached hydrogens (primary N) is 2. The largest absolute Gasteiger partial charge is 0.370 e.